The second-order valence-corrected chi connectivity index (χ2v) is 19.9. The Labute approximate surface area is 319 Å². The molecular weight excluding hydrogens is 693 g/mol. The Morgan fingerprint density at radius 1 is 0.704 bits per heavy atom. The van der Waals surface area contributed by atoms with Crippen LogP contribution in [0.15, 0.2) is 140 Å². The highest BCUT2D eigenvalue weighted by Gasteiger charge is 2.44. The van der Waals surface area contributed by atoms with Crippen molar-refractivity contribution in [2.45, 2.75) is 62.5 Å². The van der Waals surface area contributed by atoms with E-state index in [1.54, 1.807) is 0 Å². The first kappa shape index (κ1) is 38.2. The first-order chi connectivity index (χ1) is 26.0. The van der Waals surface area contributed by atoms with E-state index in [4.69, 9.17) is 13.9 Å². The number of carbonyl (C=O) groups is 3. The SMILES string of the molecule is CC(C)(C)[Si](C)(C)OC[C@@H](NC(=O)OCC1c2ccccc2-c2ccccc21)[C@@H](OC=O)C(=O)NC(c1ccccc1)(c1ccccc1)c1ccccc1. The smallest absolute Gasteiger partial charge is 0.407 e. The van der Waals surface area contributed by atoms with E-state index in [0.717, 1.165) is 38.9 Å². The summed E-state index contributed by atoms with van der Waals surface area (Å²) < 4.78 is 18.1. The van der Waals surface area contributed by atoms with Crippen molar-refractivity contribution in [3.63, 3.8) is 0 Å². The van der Waals surface area contributed by atoms with Crippen LogP contribution in [0, 0.1) is 0 Å². The minimum atomic E-state index is -2.41. The summed E-state index contributed by atoms with van der Waals surface area (Å²) in [7, 11) is -2.41. The molecule has 2 atom stereocenters. The van der Waals surface area contributed by atoms with Gasteiger partial charge in [-0.2, -0.15) is 0 Å². The van der Waals surface area contributed by atoms with Gasteiger partial charge in [0.2, 0.25) is 6.10 Å². The number of nitrogens with one attached hydrogen (secondary N) is 2. The number of amides is 2. The van der Waals surface area contributed by atoms with E-state index in [2.05, 4.69) is 56.6 Å². The Morgan fingerprint density at radius 2 is 1.15 bits per heavy atom. The van der Waals surface area contributed by atoms with Gasteiger partial charge in [-0.3, -0.25) is 9.59 Å². The van der Waals surface area contributed by atoms with Crippen molar-refractivity contribution in [3.05, 3.63) is 167 Å². The maximum atomic E-state index is 14.8. The maximum absolute atomic E-state index is 14.8. The van der Waals surface area contributed by atoms with Gasteiger partial charge >= 0.3 is 6.09 Å². The number of carbonyl (C=O) groups excluding carboxylic acids is 3. The highest BCUT2D eigenvalue weighted by atomic mass is 28.4. The fourth-order valence-electron chi connectivity index (χ4n) is 6.95. The highest BCUT2D eigenvalue weighted by Crippen LogP contribution is 2.44. The van der Waals surface area contributed by atoms with Gasteiger partial charge in [0.25, 0.3) is 12.4 Å². The van der Waals surface area contributed by atoms with Crippen LogP contribution in [0.3, 0.4) is 0 Å². The molecule has 0 saturated carbocycles. The normalized spacial score (nSPS) is 13.9. The van der Waals surface area contributed by atoms with E-state index >= 15 is 0 Å². The van der Waals surface area contributed by atoms with Crippen molar-refractivity contribution < 1.29 is 28.3 Å². The van der Waals surface area contributed by atoms with E-state index in [1.165, 1.54) is 0 Å². The summed E-state index contributed by atoms with van der Waals surface area (Å²) in [5.74, 6) is -0.792. The van der Waals surface area contributed by atoms with Crippen molar-refractivity contribution in [3.8, 4) is 11.1 Å². The molecule has 0 radical (unpaired) electrons. The molecule has 0 aromatic heterocycles. The van der Waals surface area contributed by atoms with Gasteiger partial charge in [-0.15, -0.1) is 0 Å². The third-order valence-corrected chi connectivity index (χ3v) is 15.3. The number of fused-ring (bicyclic) bond motifs is 3. The summed E-state index contributed by atoms with van der Waals surface area (Å²) in [5, 5.41) is 5.99. The zero-order valence-corrected chi connectivity index (χ0v) is 32.5. The van der Waals surface area contributed by atoms with Crippen LogP contribution in [-0.4, -0.2) is 52.1 Å². The second kappa shape index (κ2) is 16.2. The summed E-state index contributed by atoms with van der Waals surface area (Å²) in [6, 6.07) is 44.0. The quantitative estimate of drug-likeness (QED) is 0.0672. The van der Waals surface area contributed by atoms with Gasteiger partial charge in [0.05, 0.1) is 6.61 Å². The monoisotopic (exact) mass is 740 g/mol. The number of hydrogen-bond acceptors (Lipinski definition) is 6. The lowest BCUT2D eigenvalue weighted by Crippen LogP contribution is -2.59. The fraction of sp³-hybridized carbons (Fsp3) is 0.267. The molecule has 0 unspecified atom stereocenters. The van der Waals surface area contributed by atoms with Crippen LogP contribution in [0.25, 0.3) is 11.1 Å². The summed E-state index contributed by atoms with van der Waals surface area (Å²) in [6.45, 7) is 10.7. The zero-order valence-electron chi connectivity index (χ0n) is 31.5. The molecule has 1 aliphatic rings. The van der Waals surface area contributed by atoms with Crippen molar-refractivity contribution >= 4 is 26.8 Å². The third-order valence-electron chi connectivity index (χ3n) is 10.8. The van der Waals surface area contributed by atoms with E-state index in [0.29, 0.717) is 0 Å². The van der Waals surface area contributed by atoms with Crippen LogP contribution in [0.4, 0.5) is 4.79 Å². The predicted molar refractivity (Wildman–Crippen MR) is 213 cm³/mol. The lowest BCUT2D eigenvalue weighted by molar-refractivity contribution is -0.148. The Hall–Kier alpha value is -5.51. The molecule has 0 aliphatic heterocycles. The minimum absolute atomic E-state index is 0.0696. The lowest BCUT2D eigenvalue weighted by Gasteiger charge is -2.40. The van der Waals surface area contributed by atoms with E-state index in [-0.39, 0.29) is 30.6 Å². The van der Waals surface area contributed by atoms with Crippen LogP contribution in [0.5, 0.6) is 0 Å². The predicted octanol–water partition coefficient (Wildman–Crippen LogP) is 8.57. The summed E-state index contributed by atoms with van der Waals surface area (Å²) in [4.78, 5) is 40.8. The molecule has 5 aromatic carbocycles. The molecule has 9 heteroatoms. The summed E-state index contributed by atoms with van der Waals surface area (Å²) in [5.41, 5.74) is 5.54. The molecule has 2 amide bonds. The molecule has 6 rings (SSSR count). The Morgan fingerprint density at radius 3 is 1.59 bits per heavy atom. The summed E-state index contributed by atoms with van der Waals surface area (Å²) >= 11 is 0. The molecule has 0 bridgehead atoms. The summed E-state index contributed by atoms with van der Waals surface area (Å²) in [6.07, 6.45) is -2.24. The van der Waals surface area contributed by atoms with Gasteiger partial charge in [-0.1, -0.05) is 160 Å². The fourth-order valence-corrected chi connectivity index (χ4v) is 7.98. The minimum Gasteiger partial charge on any atom is -0.452 e. The van der Waals surface area contributed by atoms with E-state index in [1.807, 2.05) is 127 Å². The van der Waals surface area contributed by atoms with Gasteiger partial charge in [0, 0.05) is 5.92 Å². The Bertz CT molecular complexity index is 1910. The second-order valence-electron chi connectivity index (χ2n) is 15.1. The van der Waals surface area contributed by atoms with Gasteiger partial charge in [0.15, 0.2) is 8.32 Å². The highest BCUT2D eigenvalue weighted by molar-refractivity contribution is 6.74. The maximum Gasteiger partial charge on any atom is 0.407 e. The van der Waals surface area contributed by atoms with Crippen molar-refractivity contribution in [1.82, 2.24) is 10.6 Å². The zero-order chi connectivity index (χ0) is 38.3. The average molecular weight is 741 g/mol. The van der Waals surface area contributed by atoms with Crippen LogP contribution in [0.1, 0.15) is 54.5 Å². The standard InChI is InChI=1S/C45H48N2O6Si/c1-44(2,3)54(4,5)53-30-40(46-43(50)51-29-39-37-27-17-15-25-35(37)36-26-16-18-28-38(36)39)41(52-31-48)42(49)47-45(32-19-9-6-10-20-32,33-21-11-7-12-22-33)34-23-13-8-14-24-34/h6-28,31,39-41H,29-30H2,1-5H3,(H,46,50)(H,47,49)/t40-,41-/m1/s1. The van der Waals surface area contributed by atoms with Crippen LogP contribution in [0.2, 0.25) is 18.1 Å². The van der Waals surface area contributed by atoms with Crippen LogP contribution in [-0.2, 0) is 29.0 Å². The van der Waals surface area contributed by atoms with Gasteiger partial charge in [-0.25, -0.2) is 4.79 Å². The molecule has 2 N–H and O–H groups in total. The molecular formula is C45H48N2O6Si. The lowest BCUT2D eigenvalue weighted by atomic mass is 9.76. The molecule has 0 heterocycles. The Kier molecular flexibility index (Phi) is 11.5. The average Bonchev–Trinajstić information content (AvgIpc) is 3.51. The molecule has 1 aliphatic carbocycles. The number of rotatable bonds is 14. The number of hydrogen-bond donors (Lipinski definition) is 2. The first-order valence-electron chi connectivity index (χ1n) is 18.3. The van der Waals surface area contributed by atoms with Crippen LogP contribution < -0.4 is 10.6 Å². The topological polar surface area (TPSA) is 103 Å². The van der Waals surface area contributed by atoms with Crippen molar-refractivity contribution in [2.24, 2.45) is 0 Å². The third kappa shape index (κ3) is 7.88. The molecule has 54 heavy (non-hydrogen) atoms. The first-order valence-corrected chi connectivity index (χ1v) is 21.2. The molecule has 8 nitrogen and oxygen atoms in total. The van der Waals surface area contributed by atoms with Crippen LogP contribution >= 0.6 is 0 Å². The van der Waals surface area contributed by atoms with E-state index in [9.17, 15) is 14.4 Å². The molecule has 278 valence electrons. The van der Waals surface area contributed by atoms with E-state index < -0.39 is 38.0 Å². The number of alkyl carbamates (subject to hydrolysis) is 1. The molecule has 5 aromatic rings. The van der Waals surface area contributed by atoms with Crippen molar-refractivity contribution in [1.29, 1.82) is 0 Å². The molecule has 0 spiro atoms. The van der Waals surface area contributed by atoms with Gasteiger partial charge in [-0.05, 0) is 57.1 Å². The number of ether oxygens (including phenoxy) is 2. The van der Waals surface area contributed by atoms with Gasteiger partial charge < -0.3 is 24.5 Å². The van der Waals surface area contributed by atoms with Crippen molar-refractivity contribution in [2.75, 3.05) is 13.2 Å². The largest absolute Gasteiger partial charge is 0.452 e. The number of benzene rings is 5. The molecule has 0 fully saturated rings. The Balaban J connectivity index is 1.33. The molecule has 0 saturated heterocycles. The van der Waals surface area contributed by atoms with Gasteiger partial charge in [0.1, 0.15) is 18.2 Å².